The van der Waals surface area contributed by atoms with Gasteiger partial charge < -0.3 is 10.1 Å². The van der Waals surface area contributed by atoms with Crippen molar-refractivity contribution in [3.8, 4) is 11.1 Å². The smallest absolute Gasteiger partial charge is 0.306 e. The van der Waals surface area contributed by atoms with Gasteiger partial charge >= 0.3 is 5.97 Å². The van der Waals surface area contributed by atoms with Crippen molar-refractivity contribution in [1.82, 2.24) is 0 Å². The van der Waals surface area contributed by atoms with E-state index >= 15 is 0 Å². The number of hydrogen-bond donors (Lipinski definition) is 1. The van der Waals surface area contributed by atoms with Crippen molar-refractivity contribution in [2.75, 3.05) is 23.4 Å². The molecule has 2 aromatic carbocycles. The lowest BCUT2D eigenvalue weighted by molar-refractivity contribution is -0.148. The molecule has 0 saturated carbocycles. The molecule has 1 heterocycles. The average molecular weight is 387 g/mol. The first-order chi connectivity index (χ1) is 12.9. The number of benzene rings is 2. The second-order valence-corrected chi connectivity index (χ2v) is 8.85. The Hall–Kier alpha value is -2.67. The zero-order valence-corrected chi connectivity index (χ0v) is 15.6. The van der Waals surface area contributed by atoms with Crippen molar-refractivity contribution in [3.63, 3.8) is 0 Å². The number of anilines is 1. The third-order valence-electron chi connectivity index (χ3n) is 4.42. The Labute approximate surface area is 158 Å². The summed E-state index contributed by atoms with van der Waals surface area (Å²) in [6, 6.07) is 17.2. The molecule has 0 bridgehead atoms. The van der Waals surface area contributed by atoms with E-state index in [2.05, 4.69) is 5.32 Å². The van der Waals surface area contributed by atoms with Gasteiger partial charge in [0, 0.05) is 12.1 Å². The van der Waals surface area contributed by atoms with E-state index in [1.165, 1.54) is 0 Å². The Morgan fingerprint density at radius 3 is 2.30 bits per heavy atom. The van der Waals surface area contributed by atoms with Crippen LogP contribution in [-0.2, 0) is 24.2 Å². The molecule has 0 radical (unpaired) electrons. The molecular weight excluding hydrogens is 366 g/mol. The Morgan fingerprint density at radius 1 is 1.00 bits per heavy atom. The fourth-order valence-corrected chi connectivity index (χ4v) is 4.91. The molecule has 7 heteroatoms. The van der Waals surface area contributed by atoms with Crippen LogP contribution in [0, 0.1) is 5.92 Å². The van der Waals surface area contributed by atoms with E-state index in [4.69, 9.17) is 4.74 Å². The number of nitrogens with one attached hydrogen (secondary N) is 1. The maximum atomic E-state index is 11.9. The lowest BCUT2D eigenvalue weighted by Gasteiger charge is -2.09. The molecule has 1 amide bonds. The molecule has 0 aromatic heterocycles. The maximum Gasteiger partial charge on any atom is 0.306 e. The molecule has 1 atom stereocenters. The largest absolute Gasteiger partial charge is 0.456 e. The van der Waals surface area contributed by atoms with Gasteiger partial charge in [-0.05, 0) is 35.6 Å². The van der Waals surface area contributed by atoms with Crippen LogP contribution in [0.1, 0.15) is 12.8 Å². The van der Waals surface area contributed by atoms with E-state index < -0.39 is 28.3 Å². The molecule has 0 aliphatic carbocycles. The summed E-state index contributed by atoms with van der Waals surface area (Å²) >= 11 is 0. The molecule has 0 spiro atoms. The van der Waals surface area contributed by atoms with Crippen molar-refractivity contribution in [3.05, 3.63) is 54.6 Å². The van der Waals surface area contributed by atoms with Crippen LogP contribution in [-0.4, -0.2) is 38.4 Å². The summed E-state index contributed by atoms with van der Waals surface area (Å²) in [5.74, 6) is -1.07. The number of sulfone groups is 1. The van der Waals surface area contributed by atoms with Crippen LogP contribution in [0.4, 0.5) is 5.69 Å². The summed E-state index contributed by atoms with van der Waals surface area (Å²) < 4.78 is 27.7. The molecule has 1 N–H and O–H groups in total. The van der Waals surface area contributed by atoms with Crippen LogP contribution in [0.25, 0.3) is 11.1 Å². The highest BCUT2D eigenvalue weighted by Crippen LogP contribution is 2.22. The monoisotopic (exact) mass is 387 g/mol. The summed E-state index contributed by atoms with van der Waals surface area (Å²) in [4.78, 5) is 23.7. The molecule has 2 aromatic rings. The minimum absolute atomic E-state index is 0.0159. The third kappa shape index (κ3) is 5.65. The second kappa shape index (κ2) is 8.35. The molecule has 1 saturated heterocycles. The molecular formula is C20H21NO5S. The number of amides is 1. The SMILES string of the molecule is O=C(COC(=O)C[C@@H]1CCS(=O)(=O)C1)Nc1ccc(-c2ccccc2)cc1. The highest BCUT2D eigenvalue weighted by molar-refractivity contribution is 7.91. The molecule has 27 heavy (non-hydrogen) atoms. The van der Waals surface area contributed by atoms with E-state index in [0.29, 0.717) is 12.1 Å². The van der Waals surface area contributed by atoms with Crippen molar-refractivity contribution in [1.29, 1.82) is 0 Å². The molecule has 142 valence electrons. The first kappa shape index (κ1) is 19.1. The fourth-order valence-electron chi connectivity index (χ4n) is 3.05. The second-order valence-electron chi connectivity index (χ2n) is 6.63. The number of esters is 1. The summed E-state index contributed by atoms with van der Waals surface area (Å²) in [6.45, 7) is -0.390. The first-order valence-corrected chi connectivity index (χ1v) is 10.5. The Bertz CT molecular complexity index is 907. The van der Waals surface area contributed by atoms with E-state index in [1.54, 1.807) is 12.1 Å². The standard InChI is InChI=1S/C20H21NO5S/c22-19(13-26-20(23)12-15-10-11-27(24,25)14-15)21-18-8-6-17(7-9-18)16-4-2-1-3-5-16/h1-9,15H,10-14H2,(H,21,22)/t15-/m0/s1. The highest BCUT2D eigenvalue weighted by Gasteiger charge is 2.29. The molecule has 1 aliphatic heterocycles. The topological polar surface area (TPSA) is 89.5 Å². The minimum Gasteiger partial charge on any atom is -0.456 e. The van der Waals surface area contributed by atoms with E-state index in [9.17, 15) is 18.0 Å². The van der Waals surface area contributed by atoms with Gasteiger partial charge in [-0.2, -0.15) is 0 Å². The third-order valence-corrected chi connectivity index (χ3v) is 6.26. The van der Waals surface area contributed by atoms with Gasteiger partial charge in [0.25, 0.3) is 5.91 Å². The molecule has 1 aliphatic rings. The lowest BCUT2D eigenvalue weighted by Crippen LogP contribution is -2.22. The van der Waals surface area contributed by atoms with Crippen LogP contribution >= 0.6 is 0 Å². The number of carbonyl (C=O) groups excluding carboxylic acids is 2. The van der Waals surface area contributed by atoms with Gasteiger partial charge in [0.05, 0.1) is 11.5 Å². The van der Waals surface area contributed by atoms with Crippen molar-refractivity contribution in [2.45, 2.75) is 12.8 Å². The first-order valence-electron chi connectivity index (χ1n) is 8.73. The summed E-state index contributed by atoms with van der Waals surface area (Å²) in [5, 5.41) is 2.67. The molecule has 0 unspecified atom stereocenters. The van der Waals surface area contributed by atoms with Gasteiger partial charge in [0.1, 0.15) is 0 Å². The van der Waals surface area contributed by atoms with Crippen LogP contribution < -0.4 is 5.32 Å². The van der Waals surface area contributed by atoms with Gasteiger partial charge in [-0.25, -0.2) is 8.42 Å². The van der Waals surface area contributed by atoms with Gasteiger partial charge in [-0.1, -0.05) is 42.5 Å². The minimum atomic E-state index is -3.02. The maximum absolute atomic E-state index is 11.9. The summed E-state index contributed by atoms with van der Waals surface area (Å²) in [6.07, 6.45) is 0.496. The van der Waals surface area contributed by atoms with Gasteiger partial charge in [-0.3, -0.25) is 9.59 Å². The quantitative estimate of drug-likeness (QED) is 0.770. The van der Waals surface area contributed by atoms with Crippen molar-refractivity contribution in [2.24, 2.45) is 5.92 Å². The average Bonchev–Trinajstić information content (AvgIpc) is 3.00. The van der Waals surface area contributed by atoms with Crippen LogP contribution in [0.3, 0.4) is 0 Å². The van der Waals surface area contributed by atoms with Crippen molar-refractivity contribution >= 4 is 27.4 Å². The normalized spacial score (nSPS) is 18.0. The van der Waals surface area contributed by atoms with Crippen molar-refractivity contribution < 1.29 is 22.7 Å². The lowest BCUT2D eigenvalue weighted by atomic mass is 10.1. The molecule has 6 nitrogen and oxygen atoms in total. The Kier molecular flexibility index (Phi) is 5.91. The number of rotatable bonds is 6. The molecule has 1 fully saturated rings. The van der Waals surface area contributed by atoms with Gasteiger partial charge in [0.2, 0.25) is 0 Å². The van der Waals surface area contributed by atoms with Gasteiger partial charge in [0.15, 0.2) is 16.4 Å². The Balaban J connectivity index is 1.44. The number of carbonyl (C=O) groups is 2. The van der Waals surface area contributed by atoms with E-state index in [1.807, 2.05) is 42.5 Å². The predicted octanol–water partition coefficient (Wildman–Crippen LogP) is 2.66. The summed E-state index contributed by atoms with van der Waals surface area (Å²) in [5.41, 5.74) is 2.72. The van der Waals surface area contributed by atoms with E-state index in [-0.39, 0.29) is 23.8 Å². The summed E-state index contributed by atoms with van der Waals surface area (Å²) in [7, 11) is -3.02. The van der Waals surface area contributed by atoms with Crippen LogP contribution in [0.2, 0.25) is 0 Å². The predicted molar refractivity (Wildman–Crippen MR) is 103 cm³/mol. The highest BCUT2D eigenvalue weighted by atomic mass is 32.2. The van der Waals surface area contributed by atoms with Gasteiger partial charge in [-0.15, -0.1) is 0 Å². The Morgan fingerprint density at radius 2 is 1.67 bits per heavy atom. The van der Waals surface area contributed by atoms with E-state index in [0.717, 1.165) is 11.1 Å². The zero-order chi connectivity index (χ0) is 19.3. The zero-order valence-electron chi connectivity index (χ0n) is 14.8. The van der Waals surface area contributed by atoms with Crippen LogP contribution in [0.5, 0.6) is 0 Å². The van der Waals surface area contributed by atoms with Crippen LogP contribution in [0.15, 0.2) is 54.6 Å². The fraction of sp³-hybridized carbons (Fsp3) is 0.300. The number of ether oxygens (including phenoxy) is 1. The number of hydrogen-bond acceptors (Lipinski definition) is 5. The molecule has 3 rings (SSSR count).